The van der Waals surface area contributed by atoms with Gasteiger partial charge in [0.05, 0.1) is 11.8 Å². The third-order valence-corrected chi connectivity index (χ3v) is 5.75. The minimum Gasteiger partial charge on any atom is -0.352 e. The Kier molecular flexibility index (Phi) is 5.44. The van der Waals surface area contributed by atoms with Gasteiger partial charge in [-0.15, -0.1) is 11.3 Å². The van der Waals surface area contributed by atoms with E-state index >= 15 is 0 Å². The smallest absolute Gasteiger partial charge is 0.271 e. The predicted octanol–water partition coefficient (Wildman–Crippen LogP) is 3.94. The maximum Gasteiger partial charge on any atom is 0.271 e. The van der Waals surface area contributed by atoms with E-state index in [0.717, 1.165) is 10.4 Å². The van der Waals surface area contributed by atoms with E-state index in [2.05, 4.69) is 10.3 Å². The summed E-state index contributed by atoms with van der Waals surface area (Å²) in [4.78, 5) is 30.2. The van der Waals surface area contributed by atoms with Crippen molar-refractivity contribution in [3.05, 3.63) is 52.0 Å². The average molecular weight is 390 g/mol. The Morgan fingerprint density at radius 1 is 1.27 bits per heavy atom. The van der Waals surface area contributed by atoms with Crippen LogP contribution in [0.25, 0.3) is 20.7 Å². The molecule has 0 saturated carbocycles. The Bertz CT molecular complexity index is 992. The van der Waals surface area contributed by atoms with Gasteiger partial charge in [0, 0.05) is 15.9 Å². The first-order valence-electron chi connectivity index (χ1n) is 8.39. The lowest BCUT2D eigenvalue weighted by molar-refractivity contribution is -0.122. The van der Waals surface area contributed by atoms with Gasteiger partial charge in [-0.05, 0) is 36.6 Å². The first-order chi connectivity index (χ1) is 12.3. The zero-order chi connectivity index (χ0) is 18.8. The summed E-state index contributed by atoms with van der Waals surface area (Å²) in [5.74, 6) is 0.138. The molecule has 0 aliphatic carbocycles. The molecule has 3 rings (SSSR count). The molecule has 3 aromatic rings. The molecule has 5 nitrogen and oxygen atoms in total. The topological polar surface area (TPSA) is 64.0 Å². The van der Waals surface area contributed by atoms with Crippen molar-refractivity contribution in [2.75, 3.05) is 0 Å². The van der Waals surface area contributed by atoms with Gasteiger partial charge in [-0.2, -0.15) is 0 Å². The molecule has 136 valence electrons. The molecular formula is C19H20ClN3O2S. The molecule has 0 fully saturated rings. The number of amides is 1. The lowest BCUT2D eigenvalue weighted by atomic mass is 10.1. The molecule has 7 heteroatoms. The number of carbonyl (C=O) groups is 1. The molecule has 0 unspecified atom stereocenters. The number of rotatable bonds is 5. The van der Waals surface area contributed by atoms with Crippen LogP contribution in [0.2, 0.25) is 5.02 Å². The van der Waals surface area contributed by atoms with E-state index in [1.807, 2.05) is 51.1 Å². The largest absolute Gasteiger partial charge is 0.352 e. The first-order valence-corrected chi connectivity index (χ1v) is 9.59. The van der Waals surface area contributed by atoms with E-state index in [-0.39, 0.29) is 24.1 Å². The van der Waals surface area contributed by atoms with Crippen molar-refractivity contribution in [3.8, 4) is 10.4 Å². The Labute approximate surface area is 160 Å². The number of nitrogens with one attached hydrogen (secondary N) is 1. The SMILES string of the molecule is CC(C)[C@H](C)NC(=O)Cn1cnc2cc(-c3ccc(Cl)cc3)sc2c1=O. The zero-order valence-electron chi connectivity index (χ0n) is 14.8. The van der Waals surface area contributed by atoms with Crippen molar-refractivity contribution in [3.63, 3.8) is 0 Å². The number of halogens is 1. The van der Waals surface area contributed by atoms with Gasteiger partial charge in [-0.25, -0.2) is 4.98 Å². The fraction of sp³-hybridized carbons (Fsp3) is 0.316. The van der Waals surface area contributed by atoms with Gasteiger partial charge in [0.25, 0.3) is 5.56 Å². The molecule has 2 aromatic heterocycles. The van der Waals surface area contributed by atoms with Gasteiger partial charge in [-0.1, -0.05) is 37.6 Å². The van der Waals surface area contributed by atoms with Crippen LogP contribution in [-0.2, 0) is 11.3 Å². The summed E-state index contributed by atoms with van der Waals surface area (Å²) in [6.07, 6.45) is 1.43. The summed E-state index contributed by atoms with van der Waals surface area (Å²) in [5, 5.41) is 3.57. The highest BCUT2D eigenvalue weighted by molar-refractivity contribution is 7.22. The van der Waals surface area contributed by atoms with Crippen LogP contribution in [0.4, 0.5) is 0 Å². The minimum absolute atomic E-state index is 0.0347. The van der Waals surface area contributed by atoms with Crippen molar-refractivity contribution < 1.29 is 4.79 Å². The van der Waals surface area contributed by atoms with Gasteiger partial charge in [0.2, 0.25) is 5.91 Å². The van der Waals surface area contributed by atoms with Crippen LogP contribution in [0.3, 0.4) is 0 Å². The lowest BCUT2D eigenvalue weighted by Gasteiger charge is -2.17. The van der Waals surface area contributed by atoms with Crippen LogP contribution in [0, 0.1) is 5.92 Å². The molecular weight excluding hydrogens is 370 g/mol. The maximum atomic E-state index is 12.7. The van der Waals surface area contributed by atoms with E-state index in [1.54, 1.807) is 0 Å². The number of aromatic nitrogens is 2. The number of carbonyl (C=O) groups excluding carboxylic acids is 1. The normalized spacial score (nSPS) is 12.5. The van der Waals surface area contributed by atoms with E-state index < -0.39 is 0 Å². The number of benzene rings is 1. The Morgan fingerprint density at radius 3 is 2.62 bits per heavy atom. The number of fused-ring (bicyclic) bond motifs is 1. The van der Waals surface area contributed by atoms with Crippen molar-refractivity contribution >= 4 is 39.1 Å². The second-order valence-electron chi connectivity index (χ2n) is 6.61. The summed E-state index contributed by atoms with van der Waals surface area (Å²) in [7, 11) is 0. The molecule has 0 radical (unpaired) electrons. The first kappa shape index (κ1) is 18.6. The zero-order valence-corrected chi connectivity index (χ0v) is 16.4. The second-order valence-corrected chi connectivity index (χ2v) is 8.10. The van der Waals surface area contributed by atoms with E-state index in [0.29, 0.717) is 21.2 Å². The van der Waals surface area contributed by atoms with Crippen molar-refractivity contribution in [2.24, 2.45) is 5.92 Å². The highest BCUT2D eigenvalue weighted by Gasteiger charge is 2.14. The van der Waals surface area contributed by atoms with E-state index in [1.165, 1.54) is 22.2 Å². The number of nitrogens with zero attached hydrogens (tertiary/aromatic N) is 2. The van der Waals surface area contributed by atoms with Gasteiger partial charge in [-0.3, -0.25) is 14.2 Å². The number of hydrogen-bond acceptors (Lipinski definition) is 4. The molecule has 1 amide bonds. The summed E-state index contributed by atoms with van der Waals surface area (Å²) >= 11 is 7.30. The summed E-state index contributed by atoms with van der Waals surface area (Å²) in [5.41, 5.74) is 1.41. The van der Waals surface area contributed by atoms with Crippen molar-refractivity contribution in [1.82, 2.24) is 14.9 Å². The summed E-state index contributed by atoms with van der Waals surface area (Å²) < 4.78 is 1.90. The fourth-order valence-corrected chi connectivity index (χ4v) is 3.63. The molecule has 2 heterocycles. The van der Waals surface area contributed by atoms with Gasteiger partial charge >= 0.3 is 0 Å². The van der Waals surface area contributed by atoms with Crippen LogP contribution in [0.5, 0.6) is 0 Å². The van der Waals surface area contributed by atoms with Crippen LogP contribution in [-0.4, -0.2) is 21.5 Å². The second kappa shape index (κ2) is 7.60. The minimum atomic E-state index is -0.201. The molecule has 1 atom stereocenters. The third-order valence-electron chi connectivity index (χ3n) is 4.34. The number of hydrogen-bond donors (Lipinski definition) is 1. The maximum absolute atomic E-state index is 12.7. The Balaban J connectivity index is 1.88. The number of thiophene rings is 1. The standard InChI is InChI=1S/C19H20ClN3O2S/c1-11(2)12(3)22-17(24)9-23-10-21-15-8-16(26-18(15)19(23)25)13-4-6-14(20)7-5-13/h4-8,10-12H,9H2,1-3H3,(H,22,24)/t12-/m0/s1. The summed E-state index contributed by atoms with van der Waals surface area (Å²) in [6.45, 7) is 5.99. The molecule has 1 aromatic carbocycles. The fourth-order valence-electron chi connectivity index (χ4n) is 2.44. The average Bonchev–Trinajstić information content (AvgIpc) is 3.03. The van der Waals surface area contributed by atoms with E-state index in [9.17, 15) is 9.59 Å². The van der Waals surface area contributed by atoms with Gasteiger partial charge in [0.15, 0.2) is 0 Å². The molecule has 0 aliphatic rings. The van der Waals surface area contributed by atoms with Gasteiger partial charge in [0.1, 0.15) is 11.2 Å². The lowest BCUT2D eigenvalue weighted by Crippen LogP contribution is -2.39. The predicted molar refractivity (Wildman–Crippen MR) is 107 cm³/mol. The highest BCUT2D eigenvalue weighted by atomic mass is 35.5. The van der Waals surface area contributed by atoms with E-state index in [4.69, 9.17) is 11.6 Å². The van der Waals surface area contributed by atoms with Crippen LogP contribution in [0.15, 0.2) is 41.5 Å². The van der Waals surface area contributed by atoms with Gasteiger partial charge < -0.3 is 5.32 Å². The van der Waals surface area contributed by atoms with Crippen LogP contribution >= 0.6 is 22.9 Å². The quantitative estimate of drug-likeness (QED) is 0.718. The summed E-state index contributed by atoms with van der Waals surface area (Å²) in [6, 6.07) is 9.38. The van der Waals surface area contributed by atoms with Crippen molar-refractivity contribution in [2.45, 2.75) is 33.4 Å². The Hall–Kier alpha value is -2.18. The Morgan fingerprint density at radius 2 is 1.96 bits per heavy atom. The highest BCUT2D eigenvalue weighted by Crippen LogP contribution is 2.31. The van der Waals surface area contributed by atoms with Crippen molar-refractivity contribution in [1.29, 1.82) is 0 Å². The molecule has 0 saturated heterocycles. The van der Waals surface area contributed by atoms with Crippen LogP contribution < -0.4 is 10.9 Å². The monoisotopic (exact) mass is 389 g/mol. The molecule has 0 spiro atoms. The molecule has 1 N–H and O–H groups in total. The van der Waals surface area contributed by atoms with Crippen LogP contribution in [0.1, 0.15) is 20.8 Å². The third kappa shape index (κ3) is 3.97. The molecule has 26 heavy (non-hydrogen) atoms. The molecule has 0 bridgehead atoms. The molecule has 0 aliphatic heterocycles.